The molecule has 90 valence electrons. The Kier molecular flexibility index (Phi) is 4.93. The molecule has 0 spiro atoms. The number of aliphatic hydroxyl groups is 1. The van der Waals surface area contributed by atoms with Gasteiger partial charge in [-0.05, 0) is 41.1 Å². The molecule has 1 atom stereocenters. The van der Waals surface area contributed by atoms with E-state index in [1.807, 2.05) is 0 Å². The Balaban J connectivity index is 3.08. The molecule has 0 aliphatic heterocycles. The van der Waals surface area contributed by atoms with Crippen LogP contribution in [0.4, 0.5) is 0 Å². The molecule has 1 aromatic rings. The second kappa shape index (κ2) is 5.59. The Morgan fingerprint density at radius 3 is 2.56 bits per heavy atom. The van der Waals surface area contributed by atoms with Gasteiger partial charge in [0, 0.05) is 15.0 Å². The third kappa shape index (κ3) is 3.53. The smallest absolute Gasteiger partial charge is 0.242 e. The lowest BCUT2D eigenvalue weighted by Gasteiger charge is -2.12. The van der Waals surface area contributed by atoms with Crippen LogP contribution in [0, 0.1) is 0 Å². The average molecular weight is 373 g/mol. The Labute approximate surface area is 111 Å². The van der Waals surface area contributed by atoms with Crippen molar-refractivity contribution in [3.05, 3.63) is 27.1 Å². The molecule has 0 aliphatic carbocycles. The van der Waals surface area contributed by atoms with Crippen LogP contribution in [-0.2, 0) is 10.0 Å². The molecule has 1 unspecified atom stereocenters. The number of aliphatic hydroxyl groups excluding tert-OH is 1. The number of rotatable bonds is 4. The fourth-order valence-electron chi connectivity index (χ4n) is 1.06. The fraction of sp³-hybridized carbons (Fsp3) is 0.333. The molecule has 2 N–H and O–H groups in total. The van der Waals surface area contributed by atoms with E-state index in [4.69, 9.17) is 5.11 Å². The summed E-state index contributed by atoms with van der Waals surface area (Å²) in [6.07, 6.45) is 0. The van der Waals surface area contributed by atoms with E-state index in [9.17, 15) is 8.42 Å². The third-order valence-electron chi connectivity index (χ3n) is 1.81. The van der Waals surface area contributed by atoms with E-state index in [1.165, 1.54) is 6.07 Å². The number of halogens is 2. The minimum Gasteiger partial charge on any atom is -0.395 e. The molecule has 0 bridgehead atoms. The Bertz CT molecular complexity index is 476. The van der Waals surface area contributed by atoms with Gasteiger partial charge in [0.1, 0.15) is 0 Å². The van der Waals surface area contributed by atoms with Gasteiger partial charge in [-0.25, -0.2) is 13.1 Å². The molecule has 0 amide bonds. The van der Waals surface area contributed by atoms with Crippen LogP contribution in [0.15, 0.2) is 32.0 Å². The summed E-state index contributed by atoms with van der Waals surface area (Å²) >= 11 is 6.43. The lowest BCUT2D eigenvalue weighted by molar-refractivity contribution is 0.265. The Hall–Kier alpha value is 0.0500. The summed E-state index contributed by atoms with van der Waals surface area (Å²) in [5, 5.41) is 8.81. The summed E-state index contributed by atoms with van der Waals surface area (Å²) < 4.78 is 27.3. The highest BCUT2D eigenvalue weighted by Gasteiger charge is 2.19. The van der Waals surface area contributed by atoms with Crippen LogP contribution >= 0.6 is 31.9 Å². The minimum atomic E-state index is -3.60. The highest BCUT2D eigenvalue weighted by molar-refractivity contribution is 9.11. The van der Waals surface area contributed by atoms with Gasteiger partial charge in [0.05, 0.1) is 11.5 Å². The van der Waals surface area contributed by atoms with Crippen LogP contribution in [-0.4, -0.2) is 26.2 Å². The zero-order chi connectivity index (χ0) is 12.3. The molecular formula is C9H11Br2NO3S. The lowest BCUT2D eigenvalue weighted by atomic mass is 10.4. The van der Waals surface area contributed by atoms with Crippen molar-refractivity contribution in [2.75, 3.05) is 6.61 Å². The standard InChI is InChI=1S/C9H11Br2NO3S/c1-6(5-13)12-16(14,15)9-3-2-7(10)4-8(9)11/h2-4,6,12-13H,5H2,1H3. The van der Waals surface area contributed by atoms with Gasteiger partial charge >= 0.3 is 0 Å². The predicted molar refractivity (Wildman–Crippen MR) is 68.7 cm³/mol. The molecule has 4 nitrogen and oxygen atoms in total. The van der Waals surface area contributed by atoms with Crippen molar-refractivity contribution in [1.29, 1.82) is 0 Å². The predicted octanol–water partition coefficient (Wildman–Crippen LogP) is 1.87. The van der Waals surface area contributed by atoms with Gasteiger partial charge in [-0.1, -0.05) is 15.9 Å². The summed E-state index contributed by atoms with van der Waals surface area (Å²) in [4.78, 5) is 0.149. The van der Waals surface area contributed by atoms with Gasteiger partial charge in [-0.2, -0.15) is 0 Å². The quantitative estimate of drug-likeness (QED) is 0.847. The maximum Gasteiger partial charge on any atom is 0.242 e. The molecule has 7 heteroatoms. The van der Waals surface area contributed by atoms with Crippen molar-refractivity contribution in [3.8, 4) is 0 Å². The molecule has 0 radical (unpaired) electrons. The van der Waals surface area contributed by atoms with Crippen LogP contribution < -0.4 is 4.72 Å². The van der Waals surface area contributed by atoms with Gasteiger partial charge in [-0.15, -0.1) is 0 Å². The summed E-state index contributed by atoms with van der Waals surface area (Å²) in [6.45, 7) is 1.34. The number of benzene rings is 1. The van der Waals surface area contributed by atoms with Crippen LogP contribution in [0.3, 0.4) is 0 Å². The molecule has 0 heterocycles. The molecule has 0 fully saturated rings. The van der Waals surface area contributed by atoms with E-state index in [1.54, 1.807) is 19.1 Å². The van der Waals surface area contributed by atoms with E-state index in [0.29, 0.717) is 4.47 Å². The van der Waals surface area contributed by atoms with E-state index in [-0.39, 0.29) is 11.5 Å². The largest absolute Gasteiger partial charge is 0.395 e. The number of nitrogens with one attached hydrogen (secondary N) is 1. The zero-order valence-corrected chi connectivity index (χ0v) is 12.4. The van der Waals surface area contributed by atoms with Crippen molar-refractivity contribution in [2.24, 2.45) is 0 Å². The van der Waals surface area contributed by atoms with Crippen molar-refractivity contribution in [3.63, 3.8) is 0 Å². The summed E-state index contributed by atoms with van der Waals surface area (Å²) in [6, 6.07) is 4.27. The second-order valence-corrected chi connectivity index (χ2v) is 6.73. The van der Waals surface area contributed by atoms with Crippen LogP contribution in [0.25, 0.3) is 0 Å². The molecule has 16 heavy (non-hydrogen) atoms. The molecule has 1 rings (SSSR count). The van der Waals surface area contributed by atoms with Crippen LogP contribution in [0.5, 0.6) is 0 Å². The topological polar surface area (TPSA) is 66.4 Å². The van der Waals surface area contributed by atoms with E-state index >= 15 is 0 Å². The van der Waals surface area contributed by atoms with Crippen molar-refractivity contribution in [1.82, 2.24) is 4.72 Å². The Morgan fingerprint density at radius 2 is 2.06 bits per heavy atom. The van der Waals surface area contributed by atoms with Gasteiger partial charge in [0.25, 0.3) is 0 Å². The first-order chi connectivity index (χ1) is 7.36. The first-order valence-electron chi connectivity index (χ1n) is 4.45. The highest BCUT2D eigenvalue weighted by atomic mass is 79.9. The summed E-state index contributed by atoms with van der Waals surface area (Å²) in [5.41, 5.74) is 0. The highest BCUT2D eigenvalue weighted by Crippen LogP contribution is 2.25. The maximum absolute atomic E-state index is 11.9. The normalized spacial score (nSPS) is 13.8. The molecular weight excluding hydrogens is 362 g/mol. The van der Waals surface area contributed by atoms with Crippen LogP contribution in [0.1, 0.15) is 6.92 Å². The SMILES string of the molecule is CC(CO)NS(=O)(=O)c1ccc(Br)cc1Br. The minimum absolute atomic E-state index is 0.149. The van der Waals surface area contributed by atoms with E-state index in [2.05, 4.69) is 36.6 Å². The van der Waals surface area contributed by atoms with Crippen molar-refractivity contribution >= 4 is 41.9 Å². The summed E-state index contributed by atoms with van der Waals surface area (Å²) in [7, 11) is -3.60. The lowest BCUT2D eigenvalue weighted by Crippen LogP contribution is -2.35. The average Bonchev–Trinajstić information content (AvgIpc) is 2.16. The number of sulfonamides is 1. The van der Waals surface area contributed by atoms with E-state index in [0.717, 1.165) is 4.47 Å². The number of hydrogen-bond acceptors (Lipinski definition) is 3. The third-order valence-corrected chi connectivity index (χ3v) is 4.87. The first kappa shape index (κ1) is 14.1. The van der Waals surface area contributed by atoms with E-state index < -0.39 is 16.1 Å². The van der Waals surface area contributed by atoms with Crippen LogP contribution in [0.2, 0.25) is 0 Å². The molecule has 0 saturated heterocycles. The van der Waals surface area contributed by atoms with Gasteiger partial charge < -0.3 is 5.11 Å². The monoisotopic (exact) mass is 371 g/mol. The Morgan fingerprint density at radius 1 is 1.44 bits per heavy atom. The second-order valence-electron chi connectivity index (χ2n) is 3.28. The van der Waals surface area contributed by atoms with Crippen molar-refractivity contribution < 1.29 is 13.5 Å². The zero-order valence-electron chi connectivity index (χ0n) is 8.44. The summed E-state index contributed by atoms with van der Waals surface area (Å²) in [5.74, 6) is 0. The molecule has 0 aliphatic rings. The van der Waals surface area contributed by atoms with Crippen molar-refractivity contribution in [2.45, 2.75) is 17.9 Å². The fourth-order valence-corrected chi connectivity index (χ4v) is 4.04. The van der Waals surface area contributed by atoms with Gasteiger partial charge in [0.15, 0.2) is 0 Å². The number of hydrogen-bond donors (Lipinski definition) is 2. The maximum atomic E-state index is 11.9. The molecule has 1 aromatic carbocycles. The molecule has 0 saturated carbocycles. The first-order valence-corrected chi connectivity index (χ1v) is 7.52. The molecule has 0 aromatic heterocycles. The van der Waals surface area contributed by atoms with Gasteiger partial charge in [-0.3, -0.25) is 0 Å². The van der Waals surface area contributed by atoms with Gasteiger partial charge in [0.2, 0.25) is 10.0 Å².